The molecule has 0 aliphatic heterocycles. The van der Waals surface area contributed by atoms with Gasteiger partial charge in [0.05, 0.1) is 6.26 Å². The highest BCUT2D eigenvalue weighted by Crippen LogP contribution is 2.75. The van der Waals surface area contributed by atoms with E-state index in [2.05, 4.69) is 46.3 Å². The number of amides is 1. The summed E-state index contributed by atoms with van der Waals surface area (Å²) in [7, 11) is -3.33. The van der Waals surface area contributed by atoms with Gasteiger partial charge in [-0.15, -0.1) is 0 Å². The molecule has 0 saturated heterocycles. The lowest BCUT2D eigenvalue weighted by Gasteiger charge is -2.70. The molecule has 1 unspecified atom stereocenters. The van der Waals surface area contributed by atoms with Crippen molar-refractivity contribution in [3.63, 3.8) is 0 Å². The second-order valence-electron chi connectivity index (χ2n) is 16.0. The molecule has 5 rings (SSSR count). The summed E-state index contributed by atoms with van der Waals surface area (Å²) in [5, 5.41) is 9.49. The van der Waals surface area contributed by atoms with Gasteiger partial charge in [0.25, 0.3) is 0 Å². The van der Waals surface area contributed by atoms with Gasteiger partial charge in [-0.05, 0) is 103 Å². The Kier molecular flexibility index (Phi) is 6.48. The van der Waals surface area contributed by atoms with Crippen LogP contribution in [0.2, 0.25) is 0 Å². The van der Waals surface area contributed by atoms with Gasteiger partial charge in [0.15, 0.2) is 5.78 Å². The molecule has 0 aromatic carbocycles. The molecule has 0 spiro atoms. The molecule has 0 aromatic rings. The Morgan fingerprint density at radius 2 is 1.59 bits per heavy atom. The third-order valence-electron chi connectivity index (χ3n) is 13.6. The molecule has 4 saturated carbocycles. The van der Waals surface area contributed by atoms with Gasteiger partial charge in [0.2, 0.25) is 15.9 Å². The van der Waals surface area contributed by atoms with Crippen LogP contribution < -0.4 is 10.2 Å². The minimum absolute atomic E-state index is 0.0442. The lowest BCUT2D eigenvalue weighted by molar-refractivity contribution is -0.188. The summed E-state index contributed by atoms with van der Waals surface area (Å²) in [6.07, 6.45) is 11.1. The zero-order chi connectivity index (χ0) is 29.0. The molecule has 0 bridgehead atoms. The molecule has 0 radical (unpaired) electrons. The topological polar surface area (TPSA) is 113 Å². The maximum atomic E-state index is 14.4. The molecular formula is C31H50N2O5S. The number of fused-ring (bicyclic) bond motifs is 7. The van der Waals surface area contributed by atoms with E-state index in [9.17, 15) is 23.2 Å². The van der Waals surface area contributed by atoms with E-state index in [4.69, 9.17) is 0 Å². The summed E-state index contributed by atoms with van der Waals surface area (Å²) in [4.78, 5) is 27.2. The quantitative estimate of drug-likeness (QED) is 0.315. The first-order chi connectivity index (χ1) is 17.8. The van der Waals surface area contributed by atoms with Gasteiger partial charge in [-0.3, -0.25) is 14.8 Å². The summed E-state index contributed by atoms with van der Waals surface area (Å²) < 4.78 is 27.3. The molecule has 0 heterocycles. The fourth-order valence-electron chi connectivity index (χ4n) is 11.0. The summed E-state index contributed by atoms with van der Waals surface area (Å²) in [6.45, 7) is 15.7. The maximum absolute atomic E-state index is 14.4. The lowest BCUT2D eigenvalue weighted by Crippen LogP contribution is -2.67. The fraction of sp³-hybridized carbons (Fsp3) is 0.871. The van der Waals surface area contributed by atoms with Gasteiger partial charge in [-0.25, -0.2) is 18.6 Å². The van der Waals surface area contributed by atoms with E-state index in [1.165, 1.54) is 11.8 Å². The van der Waals surface area contributed by atoms with Crippen LogP contribution in [0.1, 0.15) is 106 Å². The largest absolute Gasteiger partial charge is 0.295 e. The average molecular weight is 563 g/mol. The zero-order valence-corrected chi connectivity index (χ0v) is 26.1. The molecule has 39 heavy (non-hydrogen) atoms. The van der Waals surface area contributed by atoms with Crippen molar-refractivity contribution < 1.29 is 23.2 Å². The summed E-state index contributed by atoms with van der Waals surface area (Å²) >= 11 is 0. The van der Waals surface area contributed by atoms with Gasteiger partial charge in [-0.1, -0.05) is 54.0 Å². The van der Waals surface area contributed by atoms with Gasteiger partial charge in [-0.2, -0.15) is 0 Å². The van der Waals surface area contributed by atoms with E-state index >= 15 is 0 Å². The first-order valence-electron chi connectivity index (χ1n) is 15.0. The van der Waals surface area contributed by atoms with Crippen LogP contribution >= 0.6 is 0 Å². The lowest BCUT2D eigenvalue weighted by atomic mass is 9.33. The number of hydrogen-bond acceptors (Lipinski definition) is 5. The van der Waals surface area contributed by atoms with Crippen molar-refractivity contribution in [3.8, 4) is 0 Å². The van der Waals surface area contributed by atoms with E-state index < -0.39 is 15.4 Å². The summed E-state index contributed by atoms with van der Waals surface area (Å²) in [6, 6.07) is -0.136. The summed E-state index contributed by atoms with van der Waals surface area (Å²) in [5.74, 6) is 0.157. The van der Waals surface area contributed by atoms with Crippen LogP contribution in [0.5, 0.6) is 0 Å². The Labute approximate surface area is 235 Å². The van der Waals surface area contributed by atoms with E-state index in [0.29, 0.717) is 6.42 Å². The second-order valence-corrected chi connectivity index (χ2v) is 17.8. The van der Waals surface area contributed by atoms with Crippen molar-refractivity contribution in [1.82, 2.24) is 10.2 Å². The van der Waals surface area contributed by atoms with Gasteiger partial charge in [0.1, 0.15) is 0 Å². The van der Waals surface area contributed by atoms with E-state index in [1.807, 2.05) is 18.5 Å². The Bertz CT molecular complexity index is 1230. The SMILES string of the molecule is CC1(C)C2CC[C@]3(C)[C@H](C(=O)C=C4[C@@H]5C[C@@](C)(C(=O)NO)CC[C@]5(C)CC[C@]43C)[C@@]2(C)CC[C@H]1NS(C)(=O)=O. The number of hydrogen-bond donors (Lipinski definition) is 3. The molecule has 9 atom stereocenters. The Hall–Kier alpha value is -1.25. The number of carbonyl (C=O) groups excluding carboxylic acids is 2. The smallest absolute Gasteiger partial charge is 0.249 e. The van der Waals surface area contributed by atoms with Crippen LogP contribution in [0.15, 0.2) is 11.6 Å². The van der Waals surface area contributed by atoms with Gasteiger partial charge in [0, 0.05) is 17.4 Å². The molecule has 4 fully saturated rings. The standard InChI is InChI=1S/C31H50N2O5S/c1-26(2)22-9-12-31(7)24(29(22,5)11-10-23(26)33-39(8,37)38)21(34)17-19-20-18-28(4,25(35)32-36)14-13-27(20,3)15-16-30(19,31)6/h17,20,22-24,33,36H,9-16,18H2,1-8H3,(H,32,35)/t20-,22?,23+,24+,27+,28-,29-,30+,31+/m0/s1. The molecule has 8 heteroatoms. The number of nitrogens with one attached hydrogen (secondary N) is 2. The Morgan fingerprint density at radius 1 is 0.949 bits per heavy atom. The number of hydroxylamine groups is 1. The van der Waals surface area contributed by atoms with E-state index in [0.717, 1.165) is 51.4 Å². The van der Waals surface area contributed by atoms with Crippen molar-refractivity contribution in [3.05, 3.63) is 11.6 Å². The Balaban J connectivity index is 1.57. The third kappa shape index (κ3) is 3.97. The molecule has 220 valence electrons. The Morgan fingerprint density at radius 3 is 2.21 bits per heavy atom. The number of carbonyl (C=O) groups is 2. The van der Waals surface area contributed by atoms with E-state index in [1.54, 1.807) is 0 Å². The first kappa shape index (κ1) is 29.2. The van der Waals surface area contributed by atoms with Crippen LogP contribution in [0, 0.1) is 50.2 Å². The van der Waals surface area contributed by atoms with Crippen molar-refractivity contribution in [2.24, 2.45) is 50.2 Å². The minimum atomic E-state index is -3.33. The average Bonchev–Trinajstić information content (AvgIpc) is 2.82. The monoisotopic (exact) mass is 562 g/mol. The molecule has 0 aromatic heterocycles. The zero-order valence-electron chi connectivity index (χ0n) is 25.2. The second kappa shape index (κ2) is 8.64. The van der Waals surface area contributed by atoms with Gasteiger partial charge >= 0.3 is 0 Å². The van der Waals surface area contributed by atoms with Crippen LogP contribution in [-0.2, 0) is 19.6 Å². The summed E-state index contributed by atoms with van der Waals surface area (Å²) in [5.41, 5.74) is 1.71. The number of allylic oxidation sites excluding steroid dienone is 2. The highest BCUT2D eigenvalue weighted by Gasteiger charge is 2.70. The normalized spacial score (nSPS) is 49.1. The van der Waals surface area contributed by atoms with Crippen molar-refractivity contribution in [2.75, 3.05) is 6.26 Å². The maximum Gasteiger partial charge on any atom is 0.249 e. The third-order valence-corrected chi connectivity index (χ3v) is 14.3. The molecule has 7 nitrogen and oxygen atoms in total. The molecular weight excluding hydrogens is 512 g/mol. The van der Waals surface area contributed by atoms with Crippen molar-refractivity contribution in [1.29, 1.82) is 0 Å². The fourth-order valence-corrected chi connectivity index (χ4v) is 11.9. The van der Waals surface area contributed by atoms with Crippen LogP contribution in [0.4, 0.5) is 0 Å². The predicted octanol–water partition coefficient (Wildman–Crippen LogP) is 5.39. The van der Waals surface area contributed by atoms with Crippen LogP contribution in [-0.4, -0.2) is 37.6 Å². The number of rotatable bonds is 3. The molecule has 1 amide bonds. The minimum Gasteiger partial charge on any atom is -0.295 e. The van der Waals surface area contributed by atoms with Crippen molar-refractivity contribution >= 4 is 21.7 Å². The highest BCUT2D eigenvalue weighted by molar-refractivity contribution is 7.88. The van der Waals surface area contributed by atoms with Gasteiger partial charge < -0.3 is 0 Å². The molecule has 5 aliphatic rings. The number of ketones is 1. The molecule has 5 aliphatic carbocycles. The first-order valence-corrected chi connectivity index (χ1v) is 16.8. The van der Waals surface area contributed by atoms with Crippen molar-refractivity contribution in [2.45, 2.75) is 112 Å². The predicted molar refractivity (Wildman–Crippen MR) is 151 cm³/mol. The van der Waals surface area contributed by atoms with Crippen LogP contribution in [0.25, 0.3) is 0 Å². The van der Waals surface area contributed by atoms with Crippen LogP contribution in [0.3, 0.4) is 0 Å². The van der Waals surface area contributed by atoms with E-state index in [-0.39, 0.29) is 62.6 Å². The highest BCUT2D eigenvalue weighted by atomic mass is 32.2. The molecule has 3 N–H and O–H groups in total. The number of sulfonamides is 1.